The molecule has 1 nitrogen and oxygen atoms in total. The smallest absolute Gasteiger partial charge is 0.213 e. The van der Waals surface area contributed by atoms with Crippen molar-refractivity contribution in [2.75, 3.05) is 4.90 Å². The normalized spacial score (nSPS) is 12.6. The fraction of sp³-hybridized carbons (Fsp3) is 0.0638. The third-order valence-corrected chi connectivity index (χ3v) is 12.2. The zero-order valence-corrected chi connectivity index (χ0v) is 29.2. The predicted octanol–water partition coefficient (Wildman–Crippen LogP) is 12.3. The second-order valence-electron chi connectivity index (χ2n) is 13.8. The van der Waals surface area contributed by atoms with Gasteiger partial charge in [-0.25, -0.2) is 0 Å². The summed E-state index contributed by atoms with van der Waals surface area (Å²) in [7, 11) is 0. The molecular formula is C47H34BNS. The van der Waals surface area contributed by atoms with E-state index in [-0.39, 0.29) is 6.71 Å². The molecule has 0 saturated carbocycles. The summed E-state index contributed by atoms with van der Waals surface area (Å²) < 4.78 is 2.69. The van der Waals surface area contributed by atoms with Crippen molar-refractivity contribution in [3.05, 3.63) is 163 Å². The quantitative estimate of drug-likeness (QED) is 0.171. The molecule has 0 N–H and O–H groups in total. The van der Waals surface area contributed by atoms with Crippen molar-refractivity contribution in [3.8, 4) is 22.3 Å². The first-order valence-corrected chi connectivity index (χ1v) is 18.3. The van der Waals surface area contributed by atoms with E-state index in [0.29, 0.717) is 0 Å². The van der Waals surface area contributed by atoms with Gasteiger partial charge in [-0.15, -0.1) is 11.3 Å². The van der Waals surface area contributed by atoms with E-state index in [1.165, 1.54) is 103 Å². The van der Waals surface area contributed by atoms with Crippen LogP contribution in [0.1, 0.15) is 11.1 Å². The van der Waals surface area contributed by atoms with Crippen molar-refractivity contribution in [2.24, 2.45) is 0 Å². The molecule has 2 heterocycles. The molecule has 8 aromatic carbocycles. The zero-order valence-electron chi connectivity index (χ0n) is 28.4. The highest BCUT2D eigenvalue weighted by Gasteiger charge is 2.36. The van der Waals surface area contributed by atoms with Crippen LogP contribution in [-0.2, 0) is 0 Å². The molecule has 0 atom stereocenters. The number of hydrogen-bond acceptors (Lipinski definition) is 2. The first kappa shape index (κ1) is 29.3. The molecule has 0 spiro atoms. The molecule has 0 saturated heterocycles. The molecule has 10 rings (SSSR count). The highest BCUT2D eigenvalue weighted by Crippen LogP contribution is 2.48. The zero-order chi connectivity index (χ0) is 33.5. The number of aryl methyl sites for hydroxylation is 1. The van der Waals surface area contributed by atoms with Gasteiger partial charge < -0.3 is 4.90 Å². The Morgan fingerprint density at radius 3 is 2.04 bits per heavy atom. The van der Waals surface area contributed by atoms with Gasteiger partial charge >= 0.3 is 0 Å². The molecule has 0 fully saturated rings. The molecule has 1 aromatic heterocycles. The minimum atomic E-state index is 0.161. The maximum absolute atomic E-state index is 2.56. The number of thiophene rings is 1. The molecule has 236 valence electrons. The van der Waals surface area contributed by atoms with Gasteiger partial charge in [-0.05, 0) is 110 Å². The SMILES string of the molecule is CB1c2c(cc3c(sc4ccccc43)c2-c2cccc(-c3ccccc3C)c2C)N(c2ccc3ccccc3c2)c2ccc3ccccc3c21. The number of fused-ring (bicyclic) bond motifs is 8. The van der Waals surface area contributed by atoms with Crippen LogP contribution in [0.25, 0.3) is 64.0 Å². The molecule has 3 heteroatoms. The Balaban J connectivity index is 1.37. The second kappa shape index (κ2) is 11.2. The summed E-state index contributed by atoms with van der Waals surface area (Å²) in [6, 6.07) is 56.4. The first-order chi connectivity index (χ1) is 24.6. The van der Waals surface area contributed by atoms with Crippen LogP contribution in [0.2, 0.25) is 6.82 Å². The van der Waals surface area contributed by atoms with Gasteiger partial charge in [0.2, 0.25) is 6.71 Å². The van der Waals surface area contributed by atoms with Gasteiger partial charge in [-0.3, -0.25) is 0 Å². The highest BCUT2D eigenvalue weighted by atomic mass is 32.1. The minimum absolute atomic E-state index is 0.161. The van der Waals surface area contributed by atoms with E-state index >= 15 is 0 Å². The van der Waals surface area contributed by atoms with Crippen LogP contribution in [-0.4, -0.2) is 6.71 Å². The molecule has 1 aliphatic rings. The van der Waals surface area contributed by atoms with Crippen LogP contribution < -0.4 is 15.8 Å². The van der Waals surface area contributed by atoms with E-state index in [1.54, 1.807) is 0 Å². The Morgan fingerprint density at radius 2 is 1.18 bits per heavy atom. The molecule has 0 unspecified atom stereocenters. The summed E-state index contributed by atoms with van der Waals surface area (Å²) in [4.78, 5) is 2.56. The summed E-state index contributed by atoms with van der Waals surface area (Å²) in [5.41, 5.74) is 14.4. The van der Waals surface area contributed by atoms with Gasteiger partial charge in [0.15, 0.2) is 0 Å². The number of anilines is 3. The third kappa shape index (κ3) is 4.27. The van der Waals surface area contributed by atoms with E-state index in [2.05, 4.69) is 177 Å². The Bertz CT molecular complexity index is 2830. The lowest BCUT2D eigenvalue weighted by atomic mass is 9.38. The van der Waals surface area contributed by atoms with E-state index in [1.807, 2.05) is 11.3 Å². The second-order valence-corrected chi connectivity index (χ2v) is 14.8. The van der Waals surface area contributed by atoms with Crippen LogP contribution in [0.4, 0.5) is 17.1 Å². The average molecular weight is 656 g/mol. The van der Waals surface area contributed by atoms with E-state index in [9.17, 15) is 0 Å². The summed E-state index contributed by atoms with van der Waals surface area (Å²) in [5, 5.41) is 7.74. The molecule has 0 radical (unpaired) electrons. The summed E-state index contributed by atoms with van der Waals surface area (Å²) >= 11 is 1.94. The largest absolute Gasteiger partial charge is 0.311 e. The maximum Gasteiger partial charge on any atom is 0.213 e. The van der Waals surface area contributed by atoms with Crippen LogP contribution in [0.5, 0.6) is 0 Å². The number of hydrogen-bond donors (Lipinski definition) is 0. The Kier molecular flexibility index (Phi) is 6.56. The molecular weight excluding hydrogens is 621 g/mol. The Labute approximate surface area is 297 Å². The lowest BCUT2D eigenvalue weighted by Gasteiger charge is -2.38. The Morgan fingerprint density at radius 1 is 0.500 bits per heavy atom. The monoisotopic (exact) mass is 655 g/mol. The summed E-state index contributed by atoms with van der Waals surface area (Å²) in [6.45, 7) is 7.15. The number of benzene rings is 8. The fourth-order valence-corrected chi connectivity index (χ4v) is 9.88. The first-order valence-electron chi connectivity index (χ1n) is 17.5. The van der Waals surface area contributed by atoms with Gasteiger partial charge in [0.1, 0.15) is 0 Å². The molecule has 0 amide bonds. The number of rotatable bonds is 3. The topological polar surface area (TPSA) is 3.24 Å². The van der Waals surface area contributed by atoms with Crippen molar-refractivity contribution in [2.45, 2.75) is 20.7 Å². The van der Waals surface area contributed by atoms with Gasteiger partial charge in [0, 0.05) is 37.2 Å². The minimum Gasteiger partial charge on any atom is -0.311 e. The van der Waals surface area contributed by atoms with Crippen molar-refractivity contribution < 1.29 is 0 Å². The van der Waals surface area contributed by atoms with Crippen LogP contribution >= 0.6 is 11.3 Å². The van der Waals surface area contributed by atoms with E-state index in [4.69, 9.17) is 0 Å². The van der Waals surface area contributed by atoms with Gasteiger partial charge in [0.25, 0.3) is 0 Å². The standard InChI is InChI=1S/C47H34BNS/c1-29-13-4-8-17-35(29)36-20-12-21-37(30(36)2)44-46-42(28-40-39-19-10-11-22-43(39)50-47(40)44)49(34-25-23-31-14-5-6-16-33(31)27-34)41-26-24-32-15-7-9-18-38(32)45(41)48(46)3/h4-28H,1-3H3. The van der Waals surface area contributed by atoms with Crippen molar-refractivity contribution in [1.82, 2.24) is 0 Å². The molecule has 50 heavy (non-hydrogen) atoms. The molecule has 0 bridgehead atoms. The molecule has 9 aromatic rings. The van der Waals surface area contributed by atoms with Crippen molar-refractivity contribution in [3.63, 3.8) is 0 Å². The van der Waals surface area contributed by atoms with E-state index in [0.717, 1.165) is 0 Å². The highest BCUT2D eigenvalue weighted by molar-refractivity contribution is 7.26. The average Bonchev–Trinajstić information content (AvgIpc) is 3.53. The third-order valence-electron chi connectivity index (χ3n) is 11.0. The molecule has 0 aliphatic carbocycles. The summed E-state index contributed by atoms with van der Waals surface area (Å²) in [6.07, 6.45) is 0. The maximum atomic E-state index is 2.56. The van der Waals surface area contributed by atoms with Crippen molar-refractivity contribution >= 4 is 87.8 Å². The van der Waals surface area contributed by atoms with Crippen LogP contribution in [0.3, 0.4) is 0 Å². The van der Waals surface area contributed by atoms with Gasteiger partial charge in [-0.2, -0.15) is 0 Å². The Hall–Kier alpha value is -5.64. The van der Waals surface area contributed by atoms with Crippen LogP contribution in [0.15, 0.2) is 152 Å². The number of nitrogens with zero attached hydrogens (tertiary/aromatic N) is 1. The fourth-order valence-electron chi connectivity index (χ4n) is 8.63. The lowest BCUT2D eigenvalue weighted by Crippen LogP contribution is -2.49. The van der Waals surface area contributed by atoms with Gasteiger partial charge in [-0.1, -0.05) is 128 Å². The van der Waals surface area contributed by atoms with Gasteiger partial charge in [0.05, 0.1) is 0 Å². The lowest BCUT2D eigenvalue weighted by molar-refractivity contribution is 1.31. The predicted molar refractivity (Wildman–Crippen MR) is 220 cm³/mol. The van der Waals surface area contributed by atoms with Crippen molar-refractivity contribution in [1.29, 1.82) is 0 Å². The molecule has 1 aliphatic heterocycles. The van der Waals surface area contributed by atoms with Crippen LogP contribution in [0, 0.1) is 13.8 Å². The van der Waals surface area contributed by atoms with E-state index < -0.39 is 0 Å². The summed E-state index contributed by atoms with van der Waals surface area (Å²) in [5.74, 6) is 0.